The van der Waals surface area contributed by atoms with E-state index in [1.54, 1.807) is 18.4 Å². The number of aryl methyl sites for hydroxylation is 1. The van der Waals surface area contributed by atoms with E-state index in [2.05, 4.69) is 43.7 Å². The summed E-state index contributed by atoms with van der Waals surface area (Å²) in [6, 6.07) is 10.5. The Labute approximate surface area is 167 Å². The Balaban J connectivity index is 1.51. The van der Waals surface area contributed by atoms with Gasteiger partial charge in [0.1, 0.15) is 5.75 Å². The Hall–Kier alpha value is -1.37. The van der Waals surface area contributed by atoms with E-state index in [4.69, 9.17) is 4.74 Å². The number of carbonyl (C=O) groups excluding carboxylic acids is 1. The maximum Gasteiger partial charge on any atom is 0.220 e. The molecule has 3 rings (SSSR count). The van der Waals surface area contributed by atoms with Gasteiger partial charge < -0.3 is 10.1 Å². The van der Waals surface area contributed by atoms with Crippen LogP contribution in [-0.4, -0.2) is 37.6 Å². The molecule has 140 valence electrons. The number of ether oxygens (including phenoxy) is 1. The van der Waals surface area contributed by atoms with E-state index >= 15 is 0 Å². The highest BCUT2D eigenvalue weighted by molar-refractivity contribution is 9.10. The summed E-state index contributed by atoms with van der Waals surface area (Å²) in [6.07, 6.45) is 3.72. The quantitative estimate of drug-likeness (QED) is 0.666. The second-order valence-electron chi connectivity index (χ2n) is 6.55. The van der Waals surface area contributed by atoms with Gasteiger partial charge in [-0.05, 0) is 77.4 Å². The number of nitrogens with one attached hydrogen (secondary N) is 1. The number of amides is 1. The highest BCUT2D eigenvalue weighted by atomic mass is 79.9. The number of benzene rings is 1. The predicted molar refractivity (Wildman–Crippen MR) is 110 cm³/mol. The number of hydrogen-bond donors (Lipinski definition) is 1. The van der Waals surface area contributed by atoms with Gasteiger partial charge in [0.2, 0.25) is 5.91 Å². The minimum atomic E-state index is 0.109. The van der Waals surface area contributed by atoms with Gasteiger partial charge in [-0.25, -0.2) is 0 Å². The van der Waals surface area contributed by atoms with Crippen LogP contribution < -0.4 is 10.1 Å². The second-order valence-corrected chi connectivity index (χ2v) is 8.38. The lowest BCUT2D eigenvalue weighted by Gasteiger charge is -2.27. The number of hydrogen-bond acceptors (Lipinski definition) is 4. The summed E-state index contributed by atoms with van der Waals surface area (Å²) in [4.78, 5) is 16.2. The van der Waals surface area contributed by atoms with Gasteiger partial charge in [0.25, 0.3) is 0 Å². The zero-order valence-corrected chi connectivity index (χ0v) is 17.4. The van der Waals surface area contributed by atoms with Crippen LogP contribution in [0.3, 0.4) is 0 Å². The zero-order chi connectivity index (χ0) is 18.4. The molecule has 1 saturated heterocycles. The molecule has 0 saturated carbocycles. The van der Waals surface area contributed by atoms with Gasteiger partial charge in [-0.1, -0.05) is 12.1 Å². The Morgan fingerprint density at radius 2 is 2.15 bits per heavy atom. The summed E-state index contributed by atoms with van der Waals surface area (Å²) in [5, 5.41) is 5.26. The van der Waals surface area contributed by atoms with Gasteiger partial charge in [0.15, 0.2) is 0 Å². The number of rotatable bonds is 8. The van der Waals surface area contributed by atoms with Crippen LogP contribution in [0.1, 0.15) is 35.7 Å². The summed E-state index contributed by atoms with van der Waals surface area (Å²) in [5.74, 6) is 0.917. The van der Waals surface area contributed by atoms with Crippen molar-refractivity contribution in [1.82, 2.24) is 10.2 Å². The van der Waals surface area contributed by atoms with E-state index in [0.717, 1.165) is 35.3 Å². The predicted octanol–water partition coefficient (Wildman–Crippen LogP) is 4.41. The standard InChI is InChI=1S/C20H25BrN2O2S/c1-25-18-8-6-15(13-16(18)21)7-9-20(24)22-14-17(19-5-4-12-26-19)23-10-2-3-11-23/h4-6,8,12-13,17H,2-3,7,9-11,14H2,1H3,(H,22,24)/t17-/m0/s1. The smallest absolute Gasteiger partial charge is 0.220 e. The molecule has 1 atom stereocenters. The first-order valence-electron chi connectivity index (χ1n) is 9.04. The first-order chi connectivity index (χ1) is 12.7. The molecule has 1 aromatic heterocycles. The first kappa shape index (κ1) is 19.4. The fourth-order valence-electron chi connectivity index (χ4n) is 3.37. The Morgan fingerprint density at radius 3 is 2.81 bits per heavy atom. The second kappa shape index (κ2) is 9.53. The number of thiophene rings is 1. The molecular weight excluding hydrogens is 412 g/mol. The molecule has 1 N–H and O–H groups in total. The molecular formula is C20H25BrN2O2S. The van der Waals surface area contributed by atoms with E-state index in [1.807, 2.05) is 18.2 Å². The molecule has 0 bridgehead atoms. The topological polar surface area (TPSA) is 41.6 Å². The van der Waals surface area contributed by atoms with Crippen molar-refractivity contribution in [2.24, 2.45) is 0 Å². The van der Waals surface area contributed by atoms with E-state index in [1.165, 1.54) is 17.7 Å². The van der Waals surface area contributed by atoms with Crippen LogP contribution in [0.5, 0.6) is 5.75 Å². The van der Waals surface area contributed by atoms with Gasteiger partial charge in [-0.15, -0.1) is 11.3 Å². The van der Waals surface area contributed by atoms with Crippen molar-refractivity contribution in [3.63, 3.8) is 0 Å². The lowest BCUT2D eigenvalue weighted by molar-refractivity contribution is -0.121. The molecule has 1 fully saturated rings. The number of methoxy groups -OCH3 is 1. The third-order valence-electron chi connectivity index (χ3n) is 4.80. The monoisotopic (exact) mass is 436 g/mol. The Morgan fingerprint density at radius 1 is 1.35 bits per heavy atom. The van der Waals surface area contributed by atoms with E-state index in [9.17, 15) is 4.79 Å². The van der Waals surface area contributed by atoms with Crippen molar-refractivity contribution in [2.75, 3.05) is 26.7 Å². The van der Waals surface area contributed by atoms with Crippen molar-refractivity contribution in [2.45, 2.75) is 31.7 Å². The van der Waals surface area contributed by atoms with Crippen molar-refractivity contribution >= 4 is 33.2 Å². The van der Waals surface area contributed by atoms with Crippen LogP contribution in [0.25, 0.3) is 0 Å². The number of likely N-dealkylation sites (tertiary alicyclic amines) is 1. The normalized spacial score (nSPS) is 15.8. The number of halogens is 1. The zero-order valence-electron chi connectivity index (χ0n) is 15.0. The maximum atomic E-state index is 12.4. The molecule has 0 unspecified atom stereocenters. The summed E-state index contributed by atoms with van der Waals surface area (Å²) >= 11 is 5.27. The molecule has 0 spiro atoms. The average molecular weight is 437 g/mol. The SMILES string of the molecule is COc1ccc(CCC(=O)NC[C@@H](c2cccs2)N2CCCC2)cc1Br. The molecule has 26 heavy (non-hydrogen) atoms. The molecule has 1 aromatic carbocycles. The lowest BCUT2D eigenvalue weighted by atomic mass is 10.1. The van der Waals surface area contributed by atoms with E-state index < -0.39 is 0 Å². The highest BCUT2D eigenvalue weighted by Crippen LogP contribution is 2.28. The minimum absolute atomic E-state index is 0.109. The van der Waals surface area contributed by atoms with Crippen molar-refractivity contribution in [3.8, 4) is 5.75 Å². The van der Waals surface area contributed by atoms with Gasteiger partial charge in [0.05, 0.1) is 17.6 Å². The van der Waals surface area contributed by atoms with Crippen LogP contribution in [0.15, 0.2) is 40.2 Å². The summed E-state index contributed by atoms with van der Waals surface area (Å²) in [5.41, 5.74) is 1.13. The van der Waals surface area contributed by atoms with Crippen LogP contribution in [0.4, 0.5) is 0 Å². The van der Waals surface area contributed by atoms with Crippen molar-refractivity contribution < 1.29 is 9.53 Å². The molecule has 1 aliphatic heterocycles. The van der Waals surface area contributed by atoms with Crippen LogP contribution in [-0.2, 0) is 11.2 Å². The summed E-state index contributed by atoms with van der Waals surface area (Å²) in [6.45, 7) is 2.93. The molecule has 0 aliphatic carbocycles. The minimum Gasteiger partial charge on any atom is -0.496 e. The third-order valence-corrected chi connectivity index (χ3v) is 6.40. The van der Waals surface area contributed by atoms with Gasteiger partial charge in [-0.3, -0.25) is 9.69 Å². The van der Waals surface area contributed by atoms with E-state index in [-0.39, 0.29) is 5.91 Å². The Bertz CT molecular complexity index is 715. The largest absolute Gasteiger partial charge is 0.496 e. The fourth-order valence-corrected chi connectivity index (χ4v) is 4.81. The average Bonchev–Trinajstić information content (AvgIpc) is 3.35. The Kier molecular flexibility index (Phi) is 7.11. The molecule has 2 aromatic rings. The number of nitrogens with zero attached hydrogens (tertiary/aromatic N) is 1. The highest BCUT2D eigenvalue weighted by Gasteiger charge is 2.24. The van der Waals surface area contributed by atoms with Crippen molar-refractivity contribution in [3.05, 3.63) is 50.6 Å². The van der Waals surface area contributed by atoms with Gasteiger partial charge in [0, 0.05) is 17.8 Å². The summed E-state index contributed by atoms with van der Waals surface area (Å²) in [7, 11) is 1.65. The number of carbonyl (C=O) groups is 1. The lowest BCUT2D eigenvalue weighted by Crippen LogP contribution is -2.36. The third kappa shape index (κ3) is 5.09. The maximum absolute atomic E-state index is 12.4. The molecule has 4 nitrogen and oxygen atoms in total. The van der Waals surface area contributed by atoms with Gasteiger partial charge in [-0.2, -0.15) is 0 Å². The molecule has 6 heteroatoms. The van der Waals surface area contributed by atoms with Crippen LogP contribution in [0.2, 0.25) is 0 Å². The van der Waals surface area contributed by atoms with Crippen LogP contribution >= 0.6 is 27.3 Å². The molecule has 1 aliphatic rings. The fraction of sp³-hybridized carbons (Fsp3) is 0.450. The van der Waals surface area contributed by atoms with Crippen molar-refractivity contribution in [1.29, 1.82) is 0 Å². The van der Waals surface area contributed by atoms with Gasteiger partial charge >= 0.3 is 0 Å². The molecule has 0 radical (unpaired) electrons. The molecule has 2 heterocycles. The summed E-state index contributed by atoms with van der Waals surface area (Å²) < 4.78 is 6.17. The first-order valence-corrected chi connectivity index (χ1v) is 10.7. The molecule has 1 amide bonds. The van der Waals surface area contributed by atoms with E-state index in [0.29, 0.717) is 19.0 Å². The van der Waals surface area contributed by atoms with Crippen LogP contribution in [0, 0.1) is 0 Å².